The van der Waals surface area contributed by atoms with Crippen LogP contribution in [0.1, 0.15) is 11.1 Å². The van der Waals surface area contributed by atoms with Crippen LogP contribution in [0.5, 0.6) is 5.75 Å². The van der Waals surface area contributed by atoms with Gasteiger partial charge in [0.25, 0.3) is 11.1 Å². The number of rotatable bonds is 5. The standard InChI is InChI=1S/C23H15ClFNO3S/c24-19-6-1-2-7-20(19)26-22(27)21(30-23(26)28)13-15-8-10-18(11-9-15)29-14-16-4-3-5-17(25)12-16/h1-13H,14H2/b21-13-. The van der Waals surface area contributed by atoms with Gasteiger partial charge in [0.05, 0.1) is 15.6 Å². The number of carbonyl (C=O) groups excluding carboxylic acids is 2. The first-order valence-corrected chi connectivity index (χ1v) is 10.2. The highest BCUT2D eigenvalue weighted by Crippen LogP contribution is 2.38. The maximum Gasteiger partial charge on any atom is 0.298 e. The Balaban J connectivity index is 1.46. The molecule has 0 aromatic heterocycles. The number of carbonyl (C=O) groups is 2. The minimum Gasteiger partial charge on any atom is -0.489 e. The van der Waals surface area contributed by atoms with Gasteiger partial charge in [-0.3, -0.25) is 9.59 Å². The molecule has 3 aromatic carbocycles. The summed E-state index contributed by atoms with van der Waals surface area (Å²) in [6.45, 7) is 0.244. The van der Waals surface area contributed by atoms with E-state index in [-0.39, 0.29) is 12.4 Å². The van der Waals surface area contributed by atoms with Gasteiger partial charge in [-0.1, -0.05) is 48.0 Å². The zero-order chi connectivity index (χ0) is 21.1. The van der Waals surface area contributed by atoms with Crippen LogP contribution in [-0.4, -0.2) is 11.1 Å². The van der Waals surface area contributed by atoms with Gasteiger partial charge >= 0.3 is 0 Å². The van der Waals surface area contributed by atoms with Crippen molar-refractivity contribution >= 4 is 46.3 Å². The topological polar surface area (TPSA) is 46.6 Å². The van der Waals surface area contributed by atoms with Crippen LogP contribution in [0.15, 0.2) is 77.7 Å². The van der Waals surface area contributed by atoms with Crippen LogP contribution in [0, 0.1) is 5.82 Å². The number of imide groups is 1. The summed E-state index contributed by atoms with van der Waals surface area (Å²) < 4.78 is 18.9. The number of benzene rings is 3. The molecule has 0 saturated carbocycles. The Labute approximate surface area is 181 Å². The summed E-state index contributed by atoms with van der Waals surface area (Å²) in [5.74, 6) is -0.109. The summed E-state index contributed by atoms with van der Waals surface area (Å²) in [5, 5.41) is -0.0600. The van der Waals surface area contributed by atoms with E-state index in [1.807, 2.05) is 0 Å². The molecule has 1 aliphatic rings. The van der Waals surface area contributed by atoms with Gasteiger partial charge in [-0.2, -0.15) is 0 Å². The van der Waals surface area contributed by atoms with E-state index in [2.05, 4.69) is 0 Å². The number of anilines is 1. The molecule has 0 aliphatic carbocycles. The van der Waals surface area contributed by atoms with Crippen LogP contribution in [0.3, 0.4) is 0 Å². The normalized spacial score (nSPS) is 15.1. The van der Waals surface area contributed by atoms with Crippen LogP contribution in [0.25, 0.3) is 6.08 Å². The lowest BCUT2D eigenvalue weighted by molar-refractivity contribution is -0.113. The van der Waals surface area contributed by atoms with Crippen molar-refractivity contribution in [1.29, 1.82) is 0 Å². The molecule has 4 nitrogen and oxygen atoms in total. The van der Waals surface area contributed by atoms with Gasteiger partial charge in [-0.05, 0) is 65.4 Å². The Morgan fingerprint density at radius 1 is 1.00 bits per heavy atom. The van der Waals surface area contributed by atoms with Gasteiger partial charge in [0.1, 0.15) is 18.2 Å². The van der Waals surface area contributed by atoms with Gasteiger partial charge in [0.15, 0.2) is 0 Å². The molecule has 0 atom stereocenters. The zero-order valence-electron chi connectivity index (χ0n) is 15.5. The predicted octanol–water partition coefficient (Wildman–Crippen LogP) is 6.30. The monoisotopic (exact) mass is 439 g/mol. The highest BCUT2D eigenvalue weighted by molar-refractivity contribution is 8.19. The molecular weight excluding hydrogens is 425 g/mol. The molecule has 1 fully saturated rings. The maximum absolute atomic E-state index is 13.2. The number of hydrogen-bond donors (Lipinski definition) is 0. The molecule has 0 N–H and O–H groups in total. The van der Waals surface area contributed by atoms with E-state index in [1.165, 1.54) is 12.1 Å². The highest BCUT2D eigenvalue weighted by Gasteiger charge is 2.37. The van der Waals surface area contributed by atoms with E-state index in [0.29, 0.717) is 21.4 Å². The number of para-hydroxylation sites is 1. The predicted molar refractivity (Wildman–Crippen MR) is 117 cm³/mol. The van der Waals surface area contributed by atoms with Gasteiger partial charge < -0.3 is 4.74 Å². The van der Waals surface area contributed by atoms with Crippen molar-refractivity contribution < 1.29 is 18.7 Å². The molecule has 7 heteroatoms. The first-order chi connectivity index (χ1) is 14.5. The van der Waals surface area contributed by atoms with E-state index in [4.69, 9.17) is 16.3 Å². The van der Waals surface area contributed by atoms with Crippen LogP contribution in [-0.2, 0) is 11.4 Å². The van der Waals surface area contributed by atoms with Crippen LogP contribution >= 0.6 is 23.4 Å². The molecule has 3 aromatic rings. The molecule has 30 heavy (non-hydrogen) atoms. The molecule has 0 radical (unpaired) electrons. The summed E-state index contributed by atoms with van der Waals surface area (Å²) in [6.07, 6.45) is 1.65. The molecule has 1 aliphatic heterocycles. The molecule has 2 amide bonds. The third-order valence-corrected chi connectivity index (χ3v) is 5.55. The Morgan fingerprint density at radius 3 is 2.50 bits per heavy atom. The van der Waals surface area contributed by atoms with E-state index in [0.717, 1.165) is 27.8 Å². The summed E-state index contributed by atoms with van der Waals surface area (Å²) in [4.78, 5) is 26.5. The highest BCUT2D eigenvalue weighted by atomic mass is 35.5. The fourth-order valence-corrected chi connectivity index (χ4v) is 3.97. The smallest absolute Gasteiger partial charge is 0.298 e. The molecule has 150 valence electrons. The molecular formula is C23H15ClFNO3S. The van der Waals surface area contributed by atoms with E-state index >= 15 is 0 Å². The molecule has 4 rings (SSSR count). The third kappa shape index (κ3) is 4.40. The maximum atomic E-state index is 13.2. The van der Waals surface area contributed by atoms with E-state index in [9.17, 15) is 14.0 Å². The second-order valence-corrected chi connectivity index (χ2v) is 7.86. The number of halogens is 2. The average Bonchev–Trinajstić information content (AvgIpc) is 3.01. The largest absolute Gasteiger partial charge is 0.489 e. The quantitative estimate of drug-likeness (QED) is 0.438. The van der Waals surface area contributed by atoms with Gasteiger partial charge in [0.2, 0.25) is 0 Å². The Bertz CT molecular complexity index is 1150. The Kier molecular flexibility index (Phi) is 5.88. The van der Waals surface area contributed by atoms with Crippen LogP contribution in [0.4, 0.5) is 14.9 Å². The first-order valence-electron chi connectivity index (χ1n) is 9.01. The number of thioether (sulfide) groups is 1. The first kappa shape index (κ1) is 20.2. The molecule has 0 bridgehead atoms. The lowest BCUT2D eigenvalue weighted by atomic mass is 10.2. The third-order valence-electron chi connectivity index (χ3n) is 4.36. The molecule has 1 saturated heterocycles. The molecule has 0 spiro atoms. The fourth-order valence-electron chi connectivity index (χ4n) is 2.91. The Morgan fingerprint density at radius 2 is 1.77 bits per heavy atom. The number of amides is 2. The van der Waals surface area contributed by atoms with Crippen molar-refractivity contribution in [2.75, 3.05) is 4.90 Å². The summed E-state index contributed by atoms with van der Waals surface area (Å²) in [6, 6.07) is 20.0. The van der Waals surface area contributed by atoms with E-state index < -0.39 is 11.1 Å². The van der Waals surface area contributed by atoms with Gasteiger partial charge in [-0.25, -0.2) is 9.29 Å². The van der Waals surface area contributed by atoms with E-state index in [1.54, 1.807) is 66.7 Å². The SMILES string of the molecule is O=C1S/C(=C\c2ccc(OCc3cccc(F)c3)cc2)C(=O)N1c1ccccc1Cl. The van der Waals surface area contributed by atoms with Crippen molar-refractivity contribution in [3.05, 3.63) is 99.7 Å². The summed E-state index contributed by atoms with van der Waals surface area (Å²) in [5.41, 5.74) is 1.84. The van der Waals surface area contributed by atoms with Gasteiger partial charge in [0, 0.05) is 0 Å². The second kappa shape index (κ2) is 8.73. The van der Waals surface area contributed by atoms with Crippen LogP contribution in [0.2, 0.25) is 5.02 Å². The van der Waals surface area contributed by atoms with Crippen molar-refractivity contribution in [3.63, 3.8) is 0 Å². The molecule has 1 heterocycles. The summed E-state index contributed by atoms with van der Waals surface area (Å²) >= 11 is 7.00. The lowest BCUT2D eigenvalue weighted by Gasteiger charge is -2.13. The lowest BCUT2D eigenvalue weighted by Crippen LogP contribution is -2.27. The second-order valence-electron chi connectivity index (χ2n) is 6.46. The summed E-state index contributed by atoms with van der Waals surface area (Å²) in [7, 11) is 0. The number of ether oxygens (including phenoxy) is 1. The molecule has 0 unspecified atom stereocenters. The van der Waals surface area contributed by atoms with Crippen molar-refractivity contribution in [1.82, 2.24) is 0 Å². The van der Waals surface area contributed by atoms with Crippen molar-refractivity contribution in [2.24, 2.45) is 0 Å². The van der Waals surface area contributed by atoms with Crippen molar-refractivity contribution in [3.8, 4) is 5.75 Å². The Hall–Kier alpha value is -3.09. The van der Waals surface area contributed by atoms with Crippen molar-refractivity contribution in [2.45, 2.75) is 6.61 Å². The minimum atomic E-state index is -0.412. The van der Waals surface area contributed by atoms with Gasteiger partial charge in [-0.15, -0.1) is 0 Å². The fraction of sp³-hybridized carbons (Fsp3) is 0.0435. The number of hydrogen-bond acceptors (Lipinski definition) is 4. The zero-order valence-corrected chi connectivity index (χ0v) is 17.1. The number of nitrogens with zero attached hydrogens (tertiary/aromatic N) is 1. The minimum absolute atomic E-state index is 0.244. The van der Waals surface area contributed by atoms with Crippen LogP contribution < -0.4 is 9.64 Å². The average molecular weight is 440 g/mol.